The maximum Gasteiger partial charge on any atom is 0.340 e. The Kier molecular flexibility index (Phi) is 10.7. The lowest BCUT2D eigenvalue weighted by molar-refractivity contribution is 0.0527. The van der Waals surface area contributed by atoms with Gasteiger partial charge in [-0.3, -0.25) is 0 Å². The average molecular weight is 335 g/mol. The molecule has 0 amide bonds. The number of esters is 1. The van der Waals surface area contributed by atoms with Gasteiger partial charge in [-0.25, -0.2) is 4.79 Å². The zero-order valence-corrected chi connectivity index (χ0v) is 15.6. The smallest absolute Gasteiger partial charge is 0.340 e. The van der Waals surface area contributed by atoms with Crippen LogP contribution >= 0.6 is 0 Å². The fourth-order valence-electron chi connectivity index (χ4n) is 2.74. The predicted octanol–water partition coefficient (Wildman–Crippen LogP) is 5.46. The Morgan fingerprint density at radius 1 is 1.00 bits per heavy atom. The Labute approximate surface area is 147 Å². The van der Waals surface area contributed by atoms with Gasteiger partial charge in [-0.1, -0.05) is 51.9 Å². The minimum absolute atomic E-state index is 0.281. The number of carbonyl (C=O) groups excluding carboxylic acids is 1. The molecule has 4 heteroatoms. The second kappa shape index (κ2) is 12.7. The van der Waals surface area contributed by atoms with Crippen molar-refractivity contribution in [2.75, 3.05) is 30.8 Å². The SMILES string of the molecule is CCCCCCCCCCNc1ccc(C(=O)OCC)c(NC)c1. The standard InChI is InChI=1S/C20H34N2O2/c1-4-6-7-8-9-10-11-12-15-22-17-13-14-18(19(16-17)21-3)20(23)24-5-2/h13-14,16,21-22H,4-12,15H2,1-3H3. The molecule has 0 heterocycles. The molecule has 0 aliphatic carbocycles. The van der Waals surface area contributed by atoms with Crippen LogP contribution in [0.2, 0.25) is 0 Å². The lowest BCUT2D eigenvalue weighted by atomic mass is 10.1. The first-order valence-electron chi connectivity index (χ1n) is 9.45. The quantitative estimate of drug-likeness (QED) is 0.371. The maximum atomic E-state index is 11.9. The molecule has 1 aromatic carbocycles. The van der Waals surface area contributed by atoms with Crippen LogP contribution < -0.4 is 10.6 Å². The van der Waals surface area contributed by atoms with Gasteiger partial charge in [-0.2, -0.15) is 0 Å². The van der Waals surface area contributed by atoms with Gasteiger partial charge in [0.25, 0.3) is 0 Å². The highest BCUT2D eigenvalue weighted by molar-refractivity contribution is 5.96. The molecule has 0 radical (unpaired) electrons. The fourth-order valence-corrected chi connectivity index (χ4v) is 2.74. The number of unbranched alkanes of at least 4 members (excludes halogenated alkanes) is 7. The summed E-state index contributed by atoms with van der Waals surface area (Å²) in [6.07, 6.45) is 10.6. The van der Waals surface area contributed by atoms with Gasteiger partial charge >= 0.3 is 5.97 Å². The molecule has 0 unspecified atom stereocenters. The summed E-state index contributed by atoms with van der Waals surface area (Å²) >= 11 is 0. The van der Waals surface area contributed by atoms with Gasteiger partial charge in [-0.05, 0) is 31.5 Å². The minimum atomic E-state index is -0.281. The van der Waals surface area contributed by atoms with E-state index in [4.69, 9.17) is 4.74 Å². The van der Waals surface area contributed by atoms with Crippen molar-refractivity contribution in [3.63, 3.8) is 0 Å². The molecule has 0 spiro atoms. The van der Waals surface area contributed by atoms with Gasteiger partial charge in [0.1, 0.15) is 0 Å². The van der Waals surface area contributed by atoms with Crippen molar-refractivity contribution in [1.82, 2.24) is 0 Å². The molecule has 4 nitrogen and oxygen atoms in total. The predicted molar refractivity (Wildman–Crippen MR) is 103 cm³/mol. The molecule has 136 valence electrons. The van der Waals surface area contributed by atoms with E-state index in [9.17, 15) is 4.79 Å². The Morgan fingerprint density at radius 2 is 1.67 bits per heavy atom. The summed E-state index contributed by atoms with van der Waals surface area (Å²) in [5.74, 6) is -0.281. The van der Waals surface area contributed by atoms with Crippen molar-refractivity contribution in [3.8, 4) is 0 Å². The van der Waals surface area contributed by atoms with E-state index in [0.717, 1.165) is 17.9 Å². The van der Waals surface area contributed by atoms with E-state index < -0.39 is 0 Å². The molecule has 1 aromatic rings. The summed E-state index contributed by atoms with van der Waals surface area (Å²) in [4.78, 5) is 11.9. The van der Waals surface area contributed by atoms with E-state index in [-0.39, 0.29) is 5.97 Å². The van der Waals surface area contributed by atoms with Gasteiger partial charge in [0.15, 0.2) is 0 Å². The van der Waals surface area contributed by atoms with Crippen LogP contribution in [0.4, 0.5) is 11.4 Å². The van der Waals surface area contributed by atoms with E-state index in [0.29, 0.717) is 12.2 Å². The largest absolute Gasteiger partial charge is 0.462 e. The summed E-state index contributed by atoms with van der Waals surface area (Å²) in [7, 11) is 1.82. The molecule has 0 aliphatic rings. The molecule has 0 aliphatic heterocycles. The number of carbonyl (C=O) groups is 1. The zero-order chi connectivity index (χ0) is 17.6. The second-order valence-corrected chi connectivity index (χ2v) is 6.13. The molecule has 0 fully saturated rings. The number of rotatable bonds is 13. The van der Waals surface area contributed by atoms with Crippen LogP contribution in [0.25, 0.3) is 0 Å². The molecular weight excluding hydrogens is 300 g/mol. The highest BCUT2D eigenvalue weighted by atomic mass is 16.5. The molecule has 0 atom stereocenters. The van der Waals surface area contributed by atoms with Crippen molar-refractivity contribution in [3.05, 3.63) is 23.8 Å². The number of ether oxygens (including phenoxy) is 1. The maximum absolute atomic E-state index is 11.9. The highest BCUT2D eigenvalue weighted by Crippen LogP contribution is 2.21. The van der Waals surface area contributed by atoms with Crippen LogP contribution in [0.15, 0.2) is 18.2 Å². The van der Waals surface area contributed by atoms with E-state index in [1.165, 1.54) is 51.4 Å². The first-order chi connectivity index (χ1) is 11.7. The van der Waals surface area contributed by atoms with Gasteiger partial charge in [0.05, 0.1) is 17.9 Å². The van der Waals surface area contributed by atoms with Crippen molar-refractivity contribution < 1.29 is 9.53 Å². The van der Waals surface area contributed by atoms with Crippen molar-refractivity contribution in [2.45, 2.75) is 65.2 Å². The second-order valence-electron chi connectivity index (χ2n) is 6.13. The normalized spacial score (nSPS) is 10.5. The third kappa shape index (κ3) is 7.71. The number of hydrogen-bond donors (Lipinski definition) is 2. The molecule has 0 bridgehead atoms. The number of hydrogen-bond acceptors (Lipinski definition) is 4. The summed E-state index contributed by atoms with van der Waals surface area (Å²) in [6, 6.07) is 5.73. The van der Waals surface area contributed by atoms with Gasteiger partial charge in [0.2, 0.25) is 0 Å². The third-order valence-corrected chi connectivity index (χ3v) is 4.14. The van der Waals surface area contributed by atoms with Crippen LogP contribution in [0, 0.1) is 0 Å². The molecule has 1 rings (SSSR count). The Balaban J connectivity index is 2.29. The van der Waals surface area contributed by atoms with Crippen LogP contribution in [-0.2, 0) is 4.74 Å². The Hall–Kier alpha value is -1.71. The zero-order valence-electron chi connectivity index (χ0n) is 15.6. The van der Waals surface area contributed by atoms with Crippen molar-refractivity contribution in [2.24, 2.45) is 0 Å². The van der Waals surface area contributed by atoms with Crippen LogP contribution in [-0.4, -0.2) is 26.2 Å². The van der Waals surface area contributed by atoms with Crippen LogP contribution in [0.3, 0.4) is 0 Å². The van der Waals surface area contributed by atoms with E-state index >= 15 is 0 Å². The molecule has 2 N–H and O–H groups in total. The lowest BCUT2D eigenvalue weighted by Gasteiger charge is -2.12. The summed E-state index contributed by atoms with van der Waals surface area (Å²) in [5, 5.41) is 6.51. The first-order valence-corrected chi connectivity index (χ1v) is 9.45. The van der Waals surface area contributed by atoms with Gasteiger partial charge in [-0.15, -0.1) is 0 Å². The molecule has 0 saturated carbocycles. The van der Waals surface area contributed by atoms with E-state index in [1.807, 2.05) is 32.2 Å². The minimum Gasteiger partial charge on any atom is -0.462 e. The van der Waals surface area contributed by atoms with Crippen LogP contribution in [0.1, 0.15) is 75.6 Å². The number of benzene rings is 1. The topological polar surface area (TPSA) is 50.4 Å². The molecule has 0 aromatic heterocycles. The monoisotopic (exact) mass is 334 g/mol. The number of nitrogens with one attached hydrogen (secondary N) is 2. The molecular formula is C20H34N2O2. The first kappa shape index (κ1) is 20.3. The van der Waals surface area contributed by atoms with E-state index in [1.54, 1.807) is 0 Å². The van der Waals surface area contributed by atoms with E-state index in [2.05, 4.69) is 17.6 Å². The fraction of sp³-hybridized carbons (Fsp3) is 0.650. The summed E-state index contributed by atoms with van der Waals surface area (Å²) < 4.78 is 5.07. The van der Waals surface area contributed by atoms with Crippen LogP contribution in [0.5, 0.6) is 0 Å². The average Bonchev–Trinajstić information content (AvgIpc) is 2.60. The van der Waals surface area contributed by atoms with Gasteiger partial charge < -0.3 is 15.4 Å². The Morgan fingerprint density at radius 3 is 2.29 bits per heavy atom. The van der Waals surface area contributed by atoms with Crippen molar-refractivity contribution >= 4 is 17.3 Å². The van der Waals surface area contributed by atoms with Crippen molar-refractivity contribution in [1.29, 1.82) is 0 Å². The number of anilines is 2. The molecule has 24 heavy (non-hydrogen) atoms. The third-order valence-electron chi connectivity index (χ3n) is 4.14. The molecule has 0 saturated heterocycles. The highest BCUT2D eigenvalue weighted by Gasteiger charge is 2.12. The summed E-state index contributed by atoms with van der Waals surface area (Å²) in [5.41, 5.74) is 2.42. The summed E-state index contributed by atoms with van der Waals surface area (Å²) in [6.45, 7) is 5.43. The Bertz CT molecular complexity index is 475. The van der Waals surface area contributed by atoms with Gasteiger partial charge in [0, 0.05) is 19.3 Å². The lowest BCUT2D eigenvalue weighted by Crippen LogP contribution is -2.09.